The van der Waals surface area contributed by atoms with Gasteiger partial charge in [-0.2, -0.15) is 0 Å². The van der Waals surface area contributed by atoms with Crippen LogP contribution in [0.2, 0.25) is 0 Å². The number of carbonyl (C=O) groups excluding carboxylic acids is 1. The van der Waals surface area contributed by atoms with Crippen LogP contribution in [0.25, 0.3) is 0 Å². The number of rotatable bonds is 6. The number of hydrogen-bond acceptors (Lipinski definition) is 3. The number of Topliss-reactive ketones (excluding diaryl/α,β-unsaturated/α-hetero) is 1. The minimum Gasteiger partial charge on any atom is -0.497 e. The molecule has 0 aliphatic carbocycles. The van der Waals surface area contributed by atoms with E-state index in [1.165, 1.54) is 5.56 Å². The highest BCUT2D eigenvalue weighted by Crippen LogP contribution is 2.16. The second-order valence-electron chi connectivity index (χ2n) is 4.13. The maximum atomic E-state index is 12.0. The predicted molar refractivity (Wildman–Crippen MR) is 79.9 cm³/mol. The highest BCUT2D eigenvalue weighted by Gasteiger charge is 2.06. The maximum absolute atomic E-state index is 12.0. The molecule has 98 valence electrons. The summed E-state index contributed by atoms with van der Waals surface area (Å²) in [6.45, 7) is 0. The fourth-order valence-electron chi connectivity index (χ4n) is 1.70. The molecule has 0 aromatic heterocycles. The average Bonchev–Trinajstić information content (AvgIpc) is 2.48. The van der Waals surface area contributed by atoms with Crippen molar-refractivity contribution in [2.75, 3.05) is 12.9 Å². The molecule has 2 nitrogen and oxygen atoms in total. The van der Waals surface area contributed by atoms with Crippen molar-refractivity contribution in [2.45, 2.75) is 5.75 Å². The zero-order valence-electron chi connectivity index (χ0n) is 10.8. The van der Waals surface area contributed by atoms with Crippen molar-refractivity contribution in [3.8, 4) is 5.75 Å². The molecule has 0 radical (unpaired) electrons. The van der Waals surface area contributed by atoms with E-state index in [-0.39, 0.29) is 5.78 Å². The molecule has 0 heterocycles. The number of methoxy groups -OCH3 is 1. The van der Waals surface area contributed by atoms with E-state index in [0.29, 0.717) is 5.75 Å². The molecular weight excluding hydrogens is 256 g/mol. The molecule has 19 heavy (non-hydrogen) atoms. The van der Waals surface area contributed by atoms with Crippen molar-refractivity contribution in [1.29, 1.82) is 0 Å². The van der Waals surface area contributed by atoms with E-state index in [2.05, 4.69) is 12.1 Å². The summed E-state index contributed by atoms with van der Waals surface area (Å²) in [5.41, 5.74) is 1.98. The first-order chi connectivity index (χ1) is 9.29. The topological polar surface area (TPSA) is 26.3 Å². The van der Waals surface area contributed by atoms with Gasteiger partial charge in [0.25, 0.3) is 0 Å². The molecule has 0 saturated carbocycles. The Hall–Kier alpha value is -1.74. The number of ether oxygens (including phenoxy) is 1. The van der Waals surface area contributed by atoms with E-state index in [1.54, 1.807) is 18.9 Å². The van der Waals surface area contributed by atoms with Gasteiger partial charge in [-0.05, 0) is 29.8 Å². The van der Waals surface area contributed by atoms with Crippen LogP contribution in [0.4, 0.5) is 0 Å². The first kappa shape index (κ1) is 13.7. The standard InChI is InChI=1S/C16H16O2S/c1-18-15-9-7-14(8-10-15)16(17)12-19-11-13-5-3-2-4-6-13/h2-10H,11-12H2,1H3. The van der Waals surface area contributed by atoms with Gasteiger partial charge in [0.1, 0.15) is 5.75 Å². The van der Waals surface area contributed by atoms with Crippen molar-refractivity contribution in [3.63, 3.8) is 0 Å². The molecule has 0 fully saturated rings. The third-order valence-electron chi connectivity index (χ3n) is 2.76. The summed E-state index contributed by atoms with van der Waals surface area (Å²) in [5, 5.41) is 0. The van der Waals surface area contributed by atoms with E-state index in [0.717, 1.165) is 17.1 Å². The van der Waals surface area contributed by atoms with Crippen LogP contribution in [0, 0.1) is 0 Å². The molecule has 2 rings (SSSR count). The molecular formula is C16H16O2S. The molecule has 0 bridgehead atoms. The van der Waals surface area contributed by atoms with Gasteiger partial charge < -0.3 is 4.74 Å². The zero-order chi connectivity index (χ0) is 13.5. The van der Waals surface area contributed by atoms with Gasteiger partial charge in [0, 0.05) is 11.3 Å². The van der Waals surface area contributed by atoms with Crippen LogP contribution in [0.3, 0.4) is 0 Å². The Morgan fingerprint density at radius 1 is 1.05 bits per heavy atom. The van der Waals surface area contributed by atoms with Crippen molar-refractivity contribution in [3.05, 3.63) is 65.7 Å². The van der Waals surface area contributed by atoms with Crippen molar-refractivity contribution in [2.24, 2.45) is 0 Å². The summed E-state index contributed by atoms with van der Waals surface area (Å²) in [4.78, 5) is 12.0. The number of hydrogen-bond donors (Lipinski definition) is 0. The Morgan fingerprint density at radius 3 is 2.37 bits per heavy atom. The van der Waals surface area contributed by atoms with Crippen LogP contribution < -0.4 is 4.74 Å². The third kappa shape index (κ3) is 4.14. The second-order valence-corrected chi connectivity index (χ2v) is 5.12. The Balaban J connectivity index is 1.84. The summed E-state index contributed by atoms with van der Waals surface area (Å²) >= 11 is 1.64. The fourth-order valence-corrected chi connectivity index (χ4v) is 2.58. The lowest BCUT2D eigenvalue weighted by Crippen LogP contribution is -2.02. The van der Waals surface area contributed by atoms with Gasteiger partial charge in [-0.25, -0.2) is 0 Å². The lowest BCUT2D eigenvalue weighted by molar-refractivity contribution is 0.102. The van der Waals surface area contributed by atoms with Crippen LogP contribution >= 0.6 is 11.8 Å². The smallest absolute Gasteiger partial charge is 0.172 e. The molecule has 0 aliphatic heterocycles. The lowest BCUT2D eigenvalue weighted by Gasteiger charge is -2.03. The van der Waals surface area contributed by atoms with Crippen LogP contribution in [-0.2, 0) is 5.75 Å². The third-order valence-corrected chi connectivity index (χ3v) is 3.76. The largest absolute Gasteiger partial charge is 0.497 e. The number of carbonyl (C=O) groups is 1. The molecule has 3 heteroatoms. The van der Waals surface area contributed by atoms with Crippen molar-refractivity contribution in [1.82, 2.24) is 0 Å². The van der Waals surface area contributed by atoms with Gasteiger partial charge in [-0.3, -0.25) is 4.79 Å². The number of benzene rings is 2. The van der Waals surface area contributed by atoms with E-state index >= 15 is 0 Å². The highest BCUT2D eigenvalue weighted by molar-refractivity contribution is 7.99. The molecule has 0 amide bonds. The van der Waals surface area contributed by atoms with E-state index in [4.69, 9.17) is 4.74 Å². The Kier molecular flexibility index (Phi) is 5.04. The molecule has 0 unspecified atom stereocenters. The SMILES string of the molecule is COc1ccc(C(=O)CSCc2ccccc2)cc1. The highest BCUT2D eigenvalue weighted by atomic mass is 32.2. The first-order valence-corrected chi connectivity index (χ1v) is 7.24. The summed E-state index contributed by atoms with van der Waals surface area (Å²) in [5.74, 6) is 2.29. The molecule has 0 N–H and O–H groups in total. The lowest BCUT2D eigenvalue weighted by atomic mass is 10.1. The van der Waals surface area contributed by atoms with E-state index in [9.17, 15) is 4.79 Å². The van der Waals surface area contributed by atoms with Crippen molar-refractivity contribution >= 4 is 17.5 Å². The van der Waals surface area contributed by atoms with Crippen LogP contribution in [0.5, 0.6) is 5.75 Å². The van der Waals surface area contributed by atoms with Gasteiger partial charge in [0.15, 0.2) is 5.78 Å². The minimum atomic E-state index is 0.156. The Labute approximate surface area is 117 Å². The van der Waals surface area contributed by atoms with Crippen LogP contribution in [0.15, 0.2) is 54.6 Å². The van der Waals surface area contributed by atoms with E-state index < -0.39 is 0 Å². The summed E-state index contributed by atoms with van der Waals surface area (Å²) in [7, 11) is 1.62. The summed E-state index contributed by atoms with van der Waals surface area (Å²) in [6.07, 6.45) is 0. The number of ketones is 1. The first-order valence-electron chi connectivity index (χ1n) is 6.08. The van der Waals surface area contributed by atoms with Gasteiger partial charge >= 0.3 is 0 Å². The molecule has 0 saturated heterocycles. The fraction of sp³-hybridized carbons (Fsp3) is 0.188. The molecule has 2 aromatic rings. The molecule has 0 atom stereocenters. The summed E-state index contributed by atoms with van der Waals surface area (Å²) in [6, 6.07) is 17.4. The molecule has 0 spiro atoms. The van der Waals surface area contributed by atoms with Crippen LogP contribution in [0.1, 0.15) is 15.9 Å². The van der Waals surface area contributed by atoms with Gasteiger partial charge in [-0.1, -0.05) is 30.3 Å². The minimum absolute atomic E-state index is 0.156. The Bertz CT molecular complexity index is 520. The van der Waals surface area contributed by atoms with E-state index in [1.807, 2.05) is 42.5 Å². The number of thioether (sulfide) groups is 1. The predicted octanol–water partition coefficient (Wildman–Crippen LogP) is 3.81. The van der Waals surface area contributed by atoms with Gasteiger partial charge in [0.05, 0.1) is 12.9 Å². The quantitative estimate of drug-likeness (QED) is 0.748. The van der Waals surface area contributed by atoms with Crippen LogP contribution in [-0.4, -0.2) is 18.6 Å². The second kappa shape index (κ2) is 7.00. The normalized spacial score (nSPS) is 10.2. The monoisotopic (exact) mass is 272 g/mol. The van der Waals surface area contributed by atoms with Gasteiger partial charge in [0.2, 0.25) is 0 Å². The molecule has 0 aliphatic rings. The molecule has 2 aromatic carbocycles. The summed E-state index contributed by atoms with van der Waals surface area (Å²) < 4.78 is 5.07. The zero-order valence-corrected chi connectivity index (χ0v) is 11.7. The van der Waals surface area contributed by atoms with Gasteiger partial charge in [-0.15, -0.1) is 11.8 Å². The average molecular weight is 272 g/mol. The maximum Gasteiger partial charge on any atom is 0.172 e. The Morgan fingerprint density at radius 2 is 1.74 bits per heavy atom. The van der Waals surface area contributed by atoms with Crippen molar-refractivity contribution < 1.29 is 9.53 Å².